The minimum absolute atomic E-state index is 0.0604. The number of hydrogen-bond acceptors (Lipinski definition) is 7. The van der Waals surface area contributed by atoms with Gasteiger partial charge in [-0.05, 0) is 50.6 Å². The van der Waals surface area contributed by atoms with Crippen molar-refractivity contribution < 1.29 is 14.2 Å². The van der Waals surface area contributed by atoms with Gasteiger partial charge < -0.3 is 19.1 Å². The first kappa shape index (κ1) is 19.5. The van der Waals surface area contributed by atoms with Gasteiger partial charge in [0.15, 0.2) is 12.1 Å². The fraction of sp³-hybridized carbons (Fsp3) is 0.722. The second-order valence-electron chi connectivity index (χ2n) is 6.37. The lowest BCUT2D eigenvalue weighted by Crippen LogP contribution is -2.37. The third kappa shape index (κ3) is 5.36. The van der Waals surface area contributed by atoms with Crippen LogP contribution in [0.2, 0.25) is 5.28 Å². The third-order valence-electron chi connectivity index (χ3n) is 4.48. The lowest BCUT2D eigenvalue weighted by atomic mass is 10.2. The van der Waals surface area contributed by atoms with Gasteiger partial charge in [0.25, 0.3) is 0 Å². The summed E-state index contributed by atoms with van der Waals surface area (Å²) in [5.74, 6) is 0.790. The van der Waals surface area contributed by atoms with Crippen LogP contribution >= 0.6 is 11.6 Å². The van der Waals surface area contributed by atoms with Crippen LogP contribution in [0.5, 0.6) is 0 Å². The lowest BCUT2D eigenvalue weighted by molar-refractivity contribution is -0.162. The molecule has 0 saturated carbocycles. The van der Waals surface area contributed by atoms with Gasteiger partial charge in [0, 0.05) is 25.9 Å². The Kier molecular flexibility index (Phi) is 7.61. The van der Waals surface area contributed by atoms with Gasteiger partial charge in [0.1, 0.15) is 5.69 Å². The van der Waals surface area contributed by atoms with Crippen LogP contribution in [0.25, 0.3) is 0 Å². The average Bonchev–Trinajstić information content (AvgIpc) is 2.68. The number of rotatable bonds is 7. The second kappa shape index (κ2) is 10.2. The predicted molar refractivity (Wildman–Crippen MR) is 102 cm³/mol. The van der Waals surface area contributed by atoms with E-state index in [0.717, 1.165) is 62.6 Å². The molecule has 1 unspecified atom stereocenters. The predicted octanol–water partition coefficient (Wildman–Crippen LogP) is 3.16. The molecular formula is C18H27ClN4O3. The SMILES string of the molecule is C/C=N\c1c(CCCOC2CCCCO2)nc(Cl)nc1N1CCOCC1. The maximum absolute atomic E-state index is 6.19. The number of morpholine rings is 1. The van der Waals surface area contributed by atoms with E-state index >= 15 is 0 Å². The van der Waals surface area contributed by atoms with E-state index in [1.165, 1.54) is 6.42 Å². The van der Waals surface area contributed by atoms with Gasteiger partial charge in [-0.3, -0.25) is 4.99 Å². The quantitative estimate of drug-likeness (QED) is 0.410. The topological polar surface area (TPSA) is 69.1 Å². The highest BCUT2D eigenvalue weighted by Crippen LogP contribution is 2.32. The van der Waals surface area contributed by atoms with E-state index in [4.69, 9.17) is 25.8 Å². The number of aryl methyl sites for hydroxylation is 1. The number of halogens is 1. The summed E-state index contributed by atoms with van der Waals surface area (Å²) in [4.78, 5) is 15.6. The first-order valence-electron chi connectivity index (χ1n) is 9.39. The summed E-state index contributed by atoms with van der Waals surface area (Å²) < 4.78 is 16.9. The molecule has 0 aromatic carbocycles. The summed E-state index contributed by atoms with van der Waals surface area (Å²) in [5.41, 5.74) is 1.66. The Labute approximate surface area is 159 Å². The molecule has 26 heavy (non-hydrogen) atoms. The highest BCUT2D eigenvalue weighted by molar-refractivity contribution is 6.28. The molecule has 2 fully saturated rings. The normalized spacial score (nSPS) is 21.5. The summed E-state index contributed by atoms with van der Waals surface area (Å²) in [5, 5.41) is 0.257. The van der Waals surface area contributed by atoms with Crippen LogP contribution < -0.4 is 4.90 Å². The molecule has 0 spiro atoms. The van der Waals surface area contributed by atoms with Crippen molar-refractivity contribution >= 4 is 29.3 Å². The van der Waals surface area contributed by atoms with Crippen molar-refractivity contribution in [3.63, 3.8) is 0 Å². The maximum Gasteiger partial charge on any atom is 0.224 e. The van der Waals surface area contributed by atoms with E-state index in [9.17, 15) is 0 Å². The van der Waals surface area contributed by atoms with Crippen LogP contribution in [0.3, 0.4) is 0 Å². The molecule has 3 heterocycles. The van der Waals surface area contributed by atoms with Crippen molar-refractivity contribution in [3.8, 4) is 0 Å². The van der Waals surface area contributed by atoms with Crippen LogP contribution in [0.1, 0.15) is 38.3 Å². The number of nitrogens with zero attached hydrogens (tertiary/aromatic N) is 4. The van der Waals surface area contributed by atoms with E-state index < -0.39 is 0 Å². The van der Waals surface area contributed by atoms with E-state index in [1.54, 1.807) is 6.21 Å². The van der Waals surface area contributed by atoms with Gasteiger partial charge in [0.05, 0.1) is 25.5 Å². The van der Waals surface area contributed by atoms with Crippen molar-refractivity contribution in [3.05, 3.63) is 11.0 Å². The van der Waals surface area contributed by atoms with Crippen molar-refractivity contribution in [2.75, 3.05) is 44.4 Å². The summed E-state index contributed by atoms with van der Waals surface area (Å²) in [7, 11) is 0. The van der Waals surface area contributed by atoms with E-state index in [-0.39, 0.29) is 11.6 Å². The smallest absolute Gasteiger partial charge is 0.224 e. The highest BCUT2D eigenvalue weighted by Gasteiger charge is 2.21. The molecule has 0 amide bonds. The van der Waals surface area contributed by atoms with Gasteiger partial charge in [-0.1, -0.05) is 0 Å². The second-order valence-corrected chi connectivity index (χ2v) is 6.71. The molecular weight excluding hydrogens is 356 g/mol. The van der Waals surface area contributed by atoms with Gasteiger partial charge in [-0.25, -0.2) is 4.98 Å². The molecule has 144 valence electrons. The number of anilines is 1. The third-order valence-corrected chi connectivity index (χ3v) is 4.65. The first-order valence-corrected chi connectivity index (χ1v) is 9.76. The largest absolute Gasteiger partial charge is 0.378 e. The standard InChI is InChI=1S/C18H27ClN4O3/c1-2-20-16-14(6-5-11-26-15-7-3-4-10-25-15)21-18(19)22-17(16)23-8-12-24-13-9-23/h2,15H,3-13H2,1H3/b20-2-. The molecule has 8 heteroatoms. The number of ether oxygens (including phenoxy) is 3. The molecule has 7 nitrogen and oxygen atoms in total. The Balaban J connectivity index is 1.65. The minimum Gasteiger partial charge on any atom is -0.378 e. The first-order chi connectivity index (χ1) is 12.8. The van der Waals surface area contributed by atoms with Gasteiger partial charge in [-0.2, -0.15) is 4.98 Å². The van der Waals surface area contributed by atoms with Gasteiger partial charge in [-0.15, -0.1) is 0 Å². The Hall–Kier alpha value is -1.28. The molecule has 1 aromatic heterocycles. The Morgan fingerprint density at radius 1 is 1.27 bits per heavy atom. The van der Waals surface area contributed by atoms with Crippen molar-refractivity contribution in [2.24, 2.45) is 4.99 Å². The summed E-state index contributed by atoms with van der Waals surface area (Å²) in [6, 6.07) is 0. The zero-order chi connectivity index (χ0) is 18.2. The minimum atomic E-state index is -0.0604. The van der Waals surface area contributed by atoms with Crippen LogP contribution in [0, 0.1) is 0 Å². The van der Waals surface area contributed by atoms with Crippen LogP contribution in [0.15, 0.2) is 4.99 Å². The molecule has 1 atom stereocenters. The zero-order valence-corrected chi connectivity index (χ0v) is 16.1. The molecule has 0 aliphatic carbocycles. The van der Waals surface area contributed by atoms with E-state index in [2.05, 4.69) is 19.9 Å². The molecule has 1 aromatic rings. The highest BCUT2D eigenvalue weighted by atomic mass is 35.5. The van der Waals surface area contributed by atoms with Crippen LogP contribution in [-0.4, -0.2) is 62.0 Å². The Morgan fingerprint density at radius 3 is 2.85 bits per heavy atom. The monoisotopic (exact) mass is 382 g/mol. The fourth-order valence-electron chi connectivity index (χ4n) is 3.19. The van der Waals surface area contributed by atoms with Gasteiger partial charge in [0.2, 0.25) is 5.28 Å². The summed E-state index contributed by atoms with van der Waals surface area (Å²) >= 11 is 6.19. The molecule has 2 aliphatic heterocycles. The van der Waals surface area contributed by atoms with Crippen LogP contribution in [0.4, 0.5) is 11.5 Å². The number of hydrogen-bond donors (Lipinski definition) is 0. The Bertz CT molecular complexity index is 602. The van der Waals surface area contributed by atoms with Crippen LogP contribution in [-0.2, 0) is 20.6 Å². The number of aromatic nitrogens is 2. The van der Waals surface area contributed by atoms with E-state index in [0.29, 0.717) is 19.8 Å². The fourth-order valence-corrected chi connectivity index (χ4v) is 3.37. The van der Waals surface area contributed by atoms with Crippen molar-refractivity contribution in [1.29, 1.82) is 0 Å². The molecule has 0 bridgehead atoms. The summed E-state index contributed by atoms with van der Waals surface area (Å²) in [6.07, 6.45) is 6.56. The maximum atomic E-state index is 6.19. The van der Waals surface area contributed by atoms with Gasteiger partial charge >= 0.3 is 0 Å². The molecule has 2 aliphatic rings. The molecule has 2 saturated heterocycles. The number of aliphatic imine (C=N–C) groups is 1. The zero-order valence-electron chi connectivity index (χ0n) is 15.3. The lowest BCUT2D eigenvalue weighted by Gasteiger charge is -2.29. The molecule has 3 rings (SSSR count). The molecule has 0 radical (unpaired) electrons. The van der Waals surface area contributed by atoms with Crippen molar-refractivity contribution in [2.45, 2.75) is 45.3 Å². The summed E-state index contributed by atoms with van der Waals surface area (Å²) in [6.45, 7) is 6.25. The van der Waals surface area contributed by atoms with Crippen molar-refractivity contribution in [1.82, 2.24) is 9.97 Å². The molecule has 0 N–H and O–H groups in total. The Morgan fingerprint density at radius 2 is 2.12 bits per heavy atom. The average molecular weight is 383 g/mol. The van der Waals surface area contributed by atoms with E-state index in [1.807, 2.05) is 6.92 Å².